The van der Waals surface area contributed by atoms with Crippen molar-refractivity contribution in [2.45, 2.75) is 39.8 Å². The molecule has 7 nitrogen and oxygen atoms in total. The zero-order valence-electron chi connectivity index (χ0n) is 17.3. The van der Waals surface area contributed by atoms with E-state index in [2.05, 4.69) is 0 Å². The van der Waals surface area contributed by atoms with E-state index in [0.29, 0.717) is 22.6 Å². The highest BCUT2D eigenvalue weighted by atomic mass is 16.6. The molecular formula is C21H29NO6. The first-order valence-corrected chi connectivity index (χ1v) is 9.29. The molecule has 0 bridgehead atoms. The number of hydrogen-bond acceptors (Lipinski definition) is 6. The number of ether oxygens (including phenoxy) is 3. The molecule has 0 aliphatic carbocycles. The molecule has 154 valence electrons. The molecule has 7 heteroatoms. The summed E-state index contributed by atoms with van der Waals surface area (Å²) in [6, 6.07) is 4.88. The van der Waals surface area contributed by atoms with Gasteiger partial charge in [0.05, 0.1) is 26.4 Å². The van der Waals surface area contributed by atoms with Crippen LogP contribution in [0.3, 0.4) is 0 Å². The van der Waals surface area contributed by atoms with E-state index in [1.54, 1.807) is 38.1 Å². The monoisotopic (exact) mass is 391 g/mol. The standard InChI is InChI=1S/C21H29NO6/c1-12(2)18-11-28-21(25)22(18)20(24)14(4)7-13(3)19(23)15-8-16(26-5)10-17(9-15)27-6/h7-10,12-13,18-19,23H,11H2,1-6H3/b14-7+/t13-,18+,19+/m0/s1. The molecule has 1 fully saturated rings. The minimum atomic E-state index is -0.877. The maximum atomic E-state index is 12.8. The van der Waals surface area contributed by atoms with Crippen LogP contribution in [0.1, 0.15) is 39.4 Å². The van der Waals surface area contributed by atoms with Crippen LogP contribution < -0.4 is 9.47 Å². The van der Waals surface area contributed by atoms with E-state index in [0.717, 1.165) is 0 Å². The number of amides is 2. The van der Waals surface area contributed by atoms with Crippen LogP contribution in [0.2, 0.25) is 0 Å². The van der Waals surface area contributed by atoms with Gasteiger partial charge in [-0.1, -0.05) is 26.8 Å². The molecule has 0 radical (unpaired) electrons. The summed E-state index contributed by atoms with van der Waals surface area (Å²) in [5, 5.41) is 10.7. The van der Waals surface area contributed by atoms with Crippen LogP contribution in [0.4, 0.5) is 4.79 Å². The maximum Gasteiger partial charge on any atom is 0.417 e. The first-order chi connectivity index (χ1) is 13.2. The molecule has 1 aromatic rings. The normalized spacial score (nSPS) is 19.4. The highest BCUT2D eigenvalue weighted by Gasteiger charge is 2.40. The molecule has 1 aliphatic heterocycles. The summed E-state index contributed by atoms with van der Waals surface area (Å²) in [4.78, 5) is 26.0. The molecule has 1 N–H and O–H groups in total. The van der Waals surface area contributed by atoms with Crippen molar-refractivity contribution in [1.82, 2.24) is 4.90 Å². The zero-order valence-corrected chi connectivity index (χ0v) is 17.3. The van der Waals surface area contributed by atoms with Crippen LogP contribution in [0.25, 0.3) is 0 Å². The number of benzene rings is 1. The number of hydrogen-bond donors (Lipinski definition) is 1. The predicted molar refractivity (Wildman–Crippen MR) is 104 cm³/mol. The maximum absolute atomic E-state index is 12.8. The van der Waals surface area contributed by atoms with Gasteiger partial charge in [-0.05, 0) is 30.5 Å². The van der Waals surface area contributed by atoms with Crippen molar-refractivity contribution in [2.24, 2.45) is 11.8 Å². The Balaban J connectivity index is 2.21. The van der Waals surface area contributed by atoms with E-state index in [-0.39, 0.29) is 24.5 Å². The number of carbonyl (C=O) groups is 2. The van der Waals surface area contributed by atoms with Crippen LogP contribution in [0.5, 0.6) is 11.5 Å². The fourth-order valence-electron chi connectivity index (χ4n) is 3.21. The SMILES string of the molecule is COc1cc(OC)cc([C@H](O)[C@@H](C)/C=C(\C)C(=O)N2C(=O)OC[C@@H]2C(C)C)c1. The van der Waals surface area contributed by atoms with Gasteiger partial charge in [0.1, 0.15) is 18.1 Å². The van der Waals surface area contributed by atoms with Gasteiger partial charge in [0, 0.05) is 17.6 Å². The summed E-state index contributed by atoms with van der Waals surface area (Å²) in [7, 11) is 3.08. The van der Waals surface area contributed by atoms with Gasteiger partial charge in [0.2, 0.25) is 0 Å². The van der Waals surface area contributed by atoms with E-state index < -0.39 is 18.1 Å². The predicted octanol–water partition coefficient (Wildman–Crippen LogP) is 3.32. The van der Waals surface area contributed by atoms with Crippen LogP contribution in [-0.2, 0) is 9.53 Å². The second-order valence-electron chi connectivity index (χ2n) is 7.36. The quantitative estimate of drug-likeness (QED) is 0.718. The van der Waals surface area contributed by atoms with Crippen LogP contribution in [-0.4, -0.2) is 48.9 Å². The van der Waals surface area contributed by atoms with Crippen molar-refractivity contribution in [1.29, 1.82) is 0 Å². The largest absolute Gasteiger partial charge is 0.497 e. The van der Waals surface area contributed by atoms with Gasteiger partial charge < -0.3 is 19.3 Å². The number of methoxy groups -OCH3 is 2. The summed E-state index contributed by atoms with van der Waals surface area (Å²) < 4.78 is 15.5. The minimum absolute atomic E-state index is 0.0930. The summed E-state index contributed by atoms with van der Waals surface area (Å²) in [5.74, 6) is 0.449. The lowest BCUT2D eigenvalue weighted by molar-refractivity contribution is -0.125. The molecule has 28 heavy (non-hydrogen) atoms. The Morgan fingerprint density at radius 3 is 2.29 bits per heavy atom. The molecule has 2 amide bonds. The van der Waals surface area contributed by atoms with Gasteiger partial charge in [0.25, 0.3) is 5.91 Å². The Kier molecular flexibility index (Phi) is 7.07. The Bertz CT molecular complexity index is 735. The molecule has 3 atom stereocenters. The van der Waals surface area contributed by atoms with Crippen LogP contribution >= 0.6 is 0 Å². The highest BCUT2D eigenvalue weighted by Crippen LogP contribution is 2.31. The first kappa shape index (κ1) is 21.8. The number of imide groups is 1. The number of carbonyl (C=O) groups excluding carboxylic acids is 2. The van der Waals surface area contributed by atoms with Gasteiger partial charge >= 0.3 is 6.09 Å². The van der Waals surface area contributed by atoms with Crippen molar-refractivity contribution in [2.75, 3.05) is 20.8 Å². The van der Waals surface area contributed by atoms with E-state index in [4.69, 9.17) is 14.2 Å². The average molecular weight is 391 g/mol. The third-order valence-corrected chi connectivity index (χ3v) is 4.96. The van der Waals surface area contributed by atoms with E-state index in [1.807, 2.05) is 13.8 Å². The van der Waals surface area contributed by atoms with E-state index >= 15 is 0 Å². The molecule has 0 spiro atoms. The Morgan fingerprint density at radius 2 is 1.79 bits per heavy atom. The van der Waals surface area contributed by atoms with Gasteiger partial charge in [-0.3, -0.25) is 4.79 Å². The lowest BCUT2D eigenvalue weighted by Crippen LogP contribution is -2.42. The lowest BCUT2D eigenvalue weighted by atomic mass is 9.94. The number of aliphatic hydroxyl groups excluding tert-OH is 1. The van der Waals surface area contributed by atoms with Crippen molar-refractivity contribution in [3.8, 4) is 11.5 Å². The first-order valence-electron chi connectivity index (χ1n) is 9.29. The van der Waals surface area contributed by atoms with Crippen molar-refractivity contribution >= 4 is 12.0 Å². The third kappa shape index (κ3) is 4.65. The van der Waals surface area contributed by atoms with Crippen LogP contribution in [0.15, 0.2) is 29.8 Å². The Morgan fingerprint density at radius 1 is 1.21 bits per heavy atom. The highest BCUT2D eigenvalue weighted by molar-refractivity contribution is 6.03. The summed E-state index contributed by atoms with van der Waals surface area (Å²) in [6.07, 6.45) is 0.169. The van der Waals surface area contributed by atoms with E-state index in [1.165, 1.54) is 19.1 Å². The lowest BCUT2D eigenvalue weighted by Gasteiger charge is -2.23. The molecule has 1 saturated heterocycles. The molecule has 0 saturated carbocycles. The average Bonchev–Trinajstić information content (AvgIpc) is 3.07. The van der Waals surface area contributed by atoms with Crippen molar-refractivity contribution < 1.29 is 28.9 Å². The smallest absolute Gasteiger partial charge is 0.417 e. The molecule has 1 aliphatic rings. The number of nitrogens with zero attached hydrogens (tertiary/aromatic N) is 1. The van der Waals surface area contributed by atoms with Crippen molar-refractivity contribution in [3.05, 3.63) is 35.4 Å². The number of aliphatic hydroxyl groups is 1. The van der Waals surface area contributed by atoms with Gasteiger partial charge in [0.15, 0.2) is 0 Å². The Hall–Kier alpha value is -2.54. The second kappa shape index (κ2) is 9.10. The molecule has 0 aromatic heterocycles. The van der Waals surface area contributed by atoms with Gasteiger partial charge in [-0.25, -0.2) is 9.69 Å². The number of rotatable bonds is 7. The molecule has 0 unspecified atom stereocenters. The fourth-order valence-corrected chi connectivity index (χ4v) is 3.21. The molecule has 2 rings (SSSR count). The molecular weight excluding hydrogens is 362 g/mol. The van der Waals surface area contributed by atoms with Crippen LogP contribution in [0, 0.1) is 11.8 Å². The summed E-state index contributed by atoms with van der Waals surface area (Å²) in [5.41, 5.74) is 0.992. The summed E-state index contributed by atoms with van der Waals surface area (Å²) in [6.45, 7) is 7.52. The topological polar surface area (TPSA) is 85.3 Å². The third-order valence-electron chi connectivity index (χ3n) is 4.96. The van der Waals surface area contributed by atoms with Gasteiger partial charge in [-0.15, -0.1) is 0 Å². The fraction of sp³-hybridized carbons (Fsp3) is 0.524. The second-order valence-corrected chi connectivity index (χ2v) is 7.36. The van der Waals surface area contributed by atoms with E-state index in [9.17, 15) is 14.7 Å². The molecule has 1 heterocycles. The number of cyclic esters (lactones) is 1. The Labute approximate surface area is 165 Å². The molecule has 1 aromatic carbocycles. The minimum Gasteiger partial charge on any atom is -0.497 e. The van der Waals surface area contributed by atoms with Gasteiger partial charge in [-0.2, -0.15) is 0 Å². The van der Waals surface area contributed by atoms with Crippen molar-refractivity contribution in [3.63, 3.8) is 0 Å². The summed E-state index contributed by atoms with van der Waals surface area (Å²) >= 11 is 0. The zero-order chi connectivity index (χ0) is 21.0.